The van der Waals surface area contributed by atoms with Gasteiger partial charge in [0.1, 0.15) is 5.78 Å². The molecule has 0 amide bonds. The molecule has 0 aromatic heterocycles. The van der Waals surface area contributed by atoms with Gasteiger partial charge in [0.15, 0.2) is 0 Å². The standard InChI is InChI=1S/C9H18OS/c1-4-9(8(2)10)6-5-7-11-3/h9H,4-7H2,1-3H3. The van der Waals surface area contributed by atoms with Crippen molar-refractivity contribution >= 4 is 17.5 Å². The molecule has 0 N–H and O–H groups in total. The molecule has 0 spiro atoms. The Morgan fingerprint density at radius 2 is 2.18 bits per heavy atom. The van der Waals surface area contributed by atoms with Crippen LogP contribution < -0.4 is 0 Å². The highest BCUT2D eigenvalue weighted by Gasteiger charge is 2.09. The van der Waals surface area contributed by atoms with Crippen LogP contribution in [-0.4, -0.2) is 17.8 Å². The zero-order valence-electron chi connectivity index (χ0n) is 7.72. The quantitative estimate of drug-likeness (QED) is 0.576. The van der Waals surface area contributed by atoms with Crippen LogP contribution >= 0.6 is 11.8 Å². The molecule has 0 bridgehead atoms. The second kappa shape index (κ2) is 6.71. The van der Waals surface area contributed by atoms with Gasteiger partial charge in [-0.15, -0.1) is 0 Å². The van der Waals surface area contributed by atoms with Crippen molar-refractivity contribution in [3.05, 3.63) is 0 Å². The molecule has 0 heterocycles. The first-order valence-electron chi connectivity index (χ1n) is 4.21. The molecule has 0 aromatic rings. The molecule has 0 saturated heterocycles. The van der Waals surface area contributed by atoms with E-state index >= 15 is 0 Å². The van der Waals surface area contributed by atoms with Gasteiger partial charge in [0.05, 0.1) is 0 Å². The van der Waals surface area contributed by atoms with Crippen LogP contribution in [0.3, 0.4) is 0 Å². The molecule has 11 heavy (non-hydrogen) atoms. The summed E-state index contributed by atoms with van der Waals surface area (Å²) in [5, 5.41) is 0. The van der Waals surface area contributed by atoms with Crippen molar-refractivity contribution in [1.29, 1.82) is 0 Å². The van der Waals surface area contributed by atoms with Crippen LogP contribution in [0.4, 0.5) is 0 Å². The normalized spacial score (nSPS) is 13.0. The number of carbonyl (C=O) groups excluding carboxylic acids is 1. The summed E-state index contributed by atoms with van der Waals surface area (Å²) in [6.07, 6.45) is 5.37. The molecule has 0 saturated carbocycles. The minimum Gasteiger partial charge on any atom is -0.300 e. The maximum atomic E-state index is 11.0. The number of hydrogen-bond acceptors (Lipinski definition) is 2. The van der Waals surface area contributed by atoms with Crippen molar-refractivity contribution in [1.82, 2.24) is 0 Å². The molecule has 66 valence electrons. The summed E-state index contributed by atoms with van der Waals surface area (Å²) in [7, 11) is 0. The van der Waals surface area contributed by atoms with Crippen molar-refractivity contribution in [3.63, 3.8) is 0 Å². The van der Waals surface area contributed by atoms with Crippen LogP contribution in [0.2, 0.25) is 0 Å². The molecule has 0 radical (unpaired) electrons. The van der Waals surface area contributed by atoms with Gasteiger partial charge in [0.25, 0.3) is 0 Å². The SMILES string of the molecule is CCC(CCCSC)C(C)=O. The Bertz CT molecular complexity index is 112. The average Bonchev–Trinajstić information content (AvgIpc) is 1.97. The van der Waals surface area contributed by atoms with E-state index < -0.39 is 0 Å². The monoisotopic (exact) mass is 174 g/mol. The maximum Gasteiger partial charge on any atom is 0.132 e. The van der Waals surface area contributed by atoms with Crippen molar-refractivity contribution < 1.29 is 4.79 Å². The molecule has 1 nitrogen and oxygen atoms in total. The number of rotatable bonds is 6. The fraction of sp³-hybridized carbons (Fsp3) is 0.889. The van der Waals surface area contributed by atoms with E-state index in [9.17, 15) is 4.79 Å². The van der Waals surface area contributed by atoms with E-state index in [1.807, 2.05) is 11.8 Å². The Balaban J connectivity index is 3.44. The fourth-order valence-electron chi connectivity index (χ4n) is 1.17. The lowest BCUT2D eigenvalue weighted by Crippen LogP contribution is -2.09. The third kappa shape index (κ3) is 5.31. The van der Waals surface area contributed by atoms with Crippen molar-refractivity contribution in [3.8, 4) is 0 Å². The van der Waals surface area contributed by atoms with Gasteiger partial charge in [0.2, 0.25) is 0 Å². The highest BCUT2D eigenvalue weighted by Crippen LogP contribution is 2.13. The Morgan fingerprint density at radius 1 is 1.55 bits per heavy atom. The molecule has 1 atom stereocenters. The third-order valence-electron chi connectivity index (χ3n) is 1.97. The molecule has 0 aliphatic carbocycles. The van der Waals surface area contributed by atoms with E-state index in [0.717, 1.165) is 12.8 Å². The molecule has 2 heteroatoms. The summed E-state index contributed by atoms with van der Waals surface area (Å²) < 4.78 is 0. The minimum atomic E-state index is 0.321. The van der Waals surface area contributed by atoms with Gasteiger partial charge in [-0.3, -0.25) is 4.79 Å². The molecule has 1 unspecified atom stereocenters. The van der Waals surface area contributed by atoms with E-state index in [2.05, 4.69) is 13.2 Å². The molecule has 0 aliphatic heterocycles. The average molecular weight is 174 g/mol. The molecule has 0 rings (SSSR count). The second-order valence-electron chi connectivity index (χ2n) is 2.85. The number of carbonyl (C=O) groups is 1. The second-order valence-corrected chi connectivity index (χ2v) is 3.84. The minimum absolute atomic E-state index is 0.321. The predicted octanol–water partition coefficient (Wildman–Crippen LogP) is 2.74. The van der Waals surface area contributed by atoms with E-state index in [1.165, 1.54) is 12.2 Å². The number of Topliss-reactive ketones (excluding diaryl/α,β-unsaturated/α-hetero) is 1. The number of thioether (sulfide) groups is 1. The lowest BCUT2D eigenvalue weighted by atomic mass is 9.97. The van der Waals surface area contributed by atoms with Crippen molar-refractivity contribution in [2.24, 2.45) is 5.92 Å². The van der Waals surface area contributed by atoms with Gasteiger partial charge in [0, 0.05) is 5.92 Å². The molecule has 0 fully saturated rings. The Morgan fingerprint density at radius 3 is 2.55 bits per heavy atom. The van der Waals surface area contributed by atoms with Crippen LogP contribution in [-0.2, 0) is 4.79 Å². The molecular weight excluding hydrogens is 156 g/mol. The number of ketones is 1. The van der Waals surface area contributed by atoms with Crippen LogP contribution in [0.1, 0.15) is 33.1 Å². The largest absolute Gasteiger partial charge is 0.300 e. The van der Waals surface area contributed by atoms with Gasteiger partial charge >= 0.3 is 0 Å². The highest BCUT2D eigenvalue weighted by atomic mass is 32.2. The summed E-state index contributed by atoms with van der Waals surface area (Å²) in [6.45, 7) is 3.79. The van der Waals surface area contributed by atoms with Gasteiger partial charge in [-0.1, -0.05) is 6.92 Å². The van der Waals surface area contributed by atoms with E-state index in [0.29, 0.717) is 11.7 Å². The molecule has 0 aromatic carbocycles. The fourth-order valence-corrected chi connectivity index (χ4v) is 1.62. The van der Waals surface area contributed by atoms with Crippen LogP contribution in [0.25, 0.3) is 0 Å². The Labute approximate surface area is 73.9 Å². The maximum absolute atomic E-state index is 11.0. The summed E-state index contributed by atoms with van der Waals surface area (Å²) in [5.41, 5.74) is 0. The summed E-state index contributed by atoms with van der Waals surface area (Å²) in [6, 6.07) is 0. The van der Waals surface area contributed by atoms with Gasteiger partial charge in [-0.05, 0) is 38.2 Å². The van der Waals surface area contributed by atoms with Crippen LogP contribution in [0.5, 0.6) is 0 Å². The van der Waals surface area contributed by atoms with Crippen LogP contribution in [0.15, 0.2) is 0 Å². The number of hydrogen-bond donors (Lipinski definition) is 0. The summed E-state index contributed by atoms with van der Waals surface area (Å²) in [5.74, 6) is 1.86. The Hall–Kier alpha value is 0.0200. The first-order valence-corrected chi connectivity index (χ1v) is 5.61. The smallest absolute Gasteiger partial charge is 0.132 e. The van der Waals surface area contributed by atoms with E-state index in [1.54, 1.807) is 6.92 Å². The summed E-state index contributed by atoms with van der Waals surface area (Å²) >= 11 is 1.85. The topological polar surface area (TPSA) is 17.1 Å². The first-order chi connectivity index (χ1) is 5.22. The molecule has 0 aliphatic rings. The van der Waals surface area contributed by atoms with Crippen LogP contribution in [0, 0.1) is 5.92 Å². The highest BCUT2D eigenvalue weighted by molar-refractivity contribution is 7.98. The lowest BCUT2D eigenvalue weighted by molar-refractivity contribution is -0.121. The van der Waals surface area contributed by atoms with Gasteiger partial charge in [-0.25, -0.2) is 0 Å². The van der Waals surface area contributed by atoms with E-state index in [-0.39, 0.29) is 0 Å². The van der Waals surface area contributed by atoms with Gasteiger partial charge < -0.3 is 0 Å². The van der Waals surface area contributed by atoms with Gasteiger partial charge in [-0.2, -0.15) is 11.8 Å². The zero-order valence-corrected chi connectivity index (χ0v) is 8.54. The third-order valence-corrected chi connectivity index (χ3v) is 2.67. The van der Waals surface area contributed by atoms with E-state index in [4.69, 9.17) is 0 Å². The Kier molecular flexibility index (Phi) is 6.73. The molecular formula is C9H18OS. The first kappa shape index (κ1) is 11.0. The lowest BCUT2D eigenvalue weighted by Gasteiger charge is -2.09. The summed E-state index contributed by atoms with van der Waals surface area (Å²) in [4.78, 5) is 11.0. The van der Waals surface area contributed by atoms with Crippen molar-refractivity contribution in [2.45, 2.75) is 33.1 Å². The van der Waals surface area contributed by atoms with Crippen molar-refractivity contribution in [2.75, 3.05) is 12.0 Å². The zero-order chi connectivity index (χ0) is 8.69. The predicted molar refractivity (Wildman–Crippen MR) is 52.1 cm³/mol.